The summed E-state index contributed by atoms with van der Waals surface area (Å²) in [5.41, 5.74) is -2.86. The number of carbonyl (C=O) groups excluding carboxylic acids is 3. The Morgan fingerprint density at radius 2 is 1.31 bits per heavy atom. The van der Waals surface area contributed by atoms with E-state index in [0.717, 1.165) is 30.2 Å². The average molecular weight is 1230 g/mol. The Labute approximate surface area is 504 Å². The molecule has 2 unspecified atom stereocenters. The Hall–Kier alpha value is -3.05. The van der Waals surface area contributed by atoms with Crippen molar-refractivity contribution in [2.45, 2.75) is 257 Å². The number of methoxy groups -OCH3 is 1. The van der Waals surface area contributed by atoms with E-state index >= 15 is 0 Å². The molecule has 8 rings (SSSR count). The molecule has 490 valence electrons. The molecule has 3 heterocycles. The Morgan fingerprint density at radius 3 is 1.90 bits per heavy atom. The average Bonchev–Trinajstić information content (AvgIpc) is 0.712. The van der Waals surface area contributed by atoms with Gasteiger partial charge >= 0.3 is 17.9 Å². The third kappa shape index (κ3) is 11.6. The van der Waals surface area contributed by atoms with Gasteiger partial charge in [0, 0.05) is 16.9 Å². The van der Waals surface area contributed by atoms with Gasteiger partial charge in [-0.3, -0.25) is 4.79 Å². The zero-order valence-corrected chi connectivity index (χ0v) is 52.3. The zero-order valence-electron chi connectivity index (χ0n) is 52.3. The van der Waals surface area contributed by atoms with Crippen LogP contribution in [0.1, 0.15) is 141 Å². The van der Waals surface area contributed by atoms with Gasteiger partial charge in [-0.25, -0.2) is 9.59 Å². The molecule has 3 aliphatic heterocycles. The topological polar surface area (TPSA) is 357 Å². The Morgan fingerprint density at radius 1 is 0.709 bits per heavy atom. The van der Waals surface area contributed by atoms with Crippen molar-refractivity contribution in [3.63, 3.8) is 0 Å². The lowest BCUT2D eigenvalue weighted by atomic mass is 9.32. The van der Waals surface area contributed by atoms with E-state index in [1.807, 2.05) is 48.5 Å². The second kappa shape index (κ2) is 25.9. The van der Waals surface area contributed by atoms with E-state index in [0.29, 0.717) is 51.4 Å². The number of aliphatic hydroxyl groups is 11. The van der Waals surface area contributed by atoms with Crippen molar-refractivity contribution < 1.29 is 113 Å². The molecule has 0 aromatic rings. The SMILES string of the molecule is CCC(C)C(=O)O[C@H]1[C@H](OC(=O)/C=C(\C)CCC=C(C)C)C(C)(C)C[C@H]2C3=CC[C@@H]4[C@@]5(C)CC[C@H](O[C@@H]6O[C@H](C(=O)OC)[C@@H](O[C@H]7O[C@H](CO)[C@@H](O)[C@@H]7O)[C@H](O)[C@H]6O[C@@H]6O[C@H](CO)[C@@H](O)[C@H](O)[C@H]6O)C(C)(C)C5CC[C@@]4(C)[C@]3(C)[C@@H](O)[C@@H](O)[C@]21CO. The third-order valence-corrected chi connectivity index (χ3v) is 22.5. The van der Waals surface area contributed by atoms with Crippen molar-refractivity contribution in [1.29, 1.82) is 0 Å². The summed E-state index contributed by atoms with van der Waals surface area (Å²) in [6, 6.07) is 0. The first kappa shape index (κ1) is 68.9. The highest BCUT2D eigenvalue weighted by atomic mass is 16.8. The standard InChI is InChI=1S/C63H100O23/c1-14-31(5)53(76)86-52-51(82-39(67)24-30(4)17-15-16-29(2)3)58(6,7)25-33-32-18-19-37-60(10)22-21-38(59(8,9)36(60)20-23-61(37,11)62(32,12)49(74)50(75)63(33,52)28-66)81-57-47(84-56-44(72)42(70)40(68)34(26-64)79-56)45(73)46(48(85-57)54(77)78-13)83-55-43(71)41(69)35(27-65)80-55/h16,18,24,31,33-38,40-52,55-57,64-66,68-75H,14-15,17,19-23,25-28H2,1-13H3/b30-24+/t31?,33-,34+,35+,36?,37+,38-,40+,41+,42-,43-,44+,45-,46-,47+,48-,49-,50+,51-,52-,55+,56-,57+,60-,61+,62-,63-/m0/s1. The van der Waals surface area contributed by atoms with Crippen LogP contribution in [0.15, 0.2) is 34.9 Å². The highest BCUT2D eigenvalue weighted by molar-refractivity contribution is 5.83. The molecular weight excluding hydrogens is 1120 g/mol. The van der Waals surface area contributed by atoms with Gasteiger partial charge in [0.1, 0.15) is 67.1 Å². The van der Waals surface area contributed by atoms with E-state index in [4.69, 9.17) is 42.6 Å². The van der Waals surface area contributed by atoms with Gasteiger partial charge < -0.3 is 98.8 Å². The van der Waals surface area contributed by atoms with Crippen molar-refractivity contribution in [2.75, 3.05) is 26.9 Å². The van der Waals surface area contributed by atoms with E-state index in [1.165, 1.54) is 6.08 Å². The first-order valence-electron chi connectivity index (χ1n) is 30.9. The molecule has 0 aromatic heterocycles. The molecule has 8 aliphatic rings. The highest BCUT2D eigenvalue weighted by Crippen LogP contribution is 2.76. The van der Waals surface area contributed by atoms with Crippen molar-refractivity contribution in [2.24, 2.45) is 56.2 Å². The maximum absolute atomic E-state index is 14.1. The number of ether oxygens (including phenoxy) is 9. The summed E-state index contributed by atoms with van der Waals surface area (Å²) >= 11 is 0. The maximum atomic E-state index is 14.1. The summed E-state index contributed by atoms with van der Waals surface area (Å²) in [6.45, 7) is 21.6. The molecule has 0 aromatic carbocycles. The zero-order chi connectivity index (χ0) is 63.7. The molecule has 0 radical (unpaired) electrons. The number of allylic oxidation sites excluding steroid dienone is 4. The first-order valence-corrected chi connectivity index (χ1v) is 30.9. The maximum Gasteiger partial charge on any atom is 0.337 e. The van der Waals surface area contributed by atoms with Gasteiger partial charge in [-0.05, 0) is 113 Å². The van der Waals surface area contributed by atoms with Crippen LogP contribution in [0.4, 0.5) is 0 Å². The molecule has 0 spiro atoms. The lowest BCUT2D eigenvalue weighted by Gasteiger charge is -2.73. The van der Waals surface area contributed by atoms with Crippen LogP contribution in [0, 0.1) is 56.2 Å². The lowest BCUT2D eigenvalue weighted by molar-refractivity contribution is -0.383. The lowest BCUT2D eigenvalue weighted by Crippen LogP contribution is -2.76. The summed E-state index contributed by atoms with van der Waals surface area (Å²) in [5, 5.41) is 125. The van der Waals surface area contributed by atoms with Crippen LogP contribution >= 0.6 is 0 Å². The normalized spacial score (nSPS) is 46.5. The van der Waals surface area contributed by atoms with Gasteiger partial charge in [-0.2, -0.15) is 0 Å². The van der Waals surface area contributed by atoms with Gasteiger partial charge in [0.25, 0.3) is 0 Å². The van der Waals surface area contributed by atoms with Crippen LogP contribution in [0.2, 0.25) is 0 Å². The molecule has 7 fully saturated rings. The van der Waals surface area contributed by atoms with E-state index in [1.54, 1.807) is 6.92 Å². The number of fused-ring (bicyclic) bond motifs is 7. The summed E-state index contributed by atoms with van der Waals surface area (Å²) in [4.78, 5) is 41.7. The predicted molar refractivity (Wildman–Crippen MR) is 304 cm³/mol. The first-order chi connectivity index (χ1) is 40.2. The smallest absolute Gasteiger partial charge is 0.337 e. The Bertz CT molecular complexity index is 2510. The van der Waals surface area contributed by atoms with Crippen LogP contribution in [0.5, 0.6) is 0 Å². The molecular formula is C63H100O23. The molecule has 86 heavy (non-hydrogen) atoms. The van der Waals surface area contributed by atoms with Crippen LogP contribution < -0.4 is 0 Å². The van der Waals surface area contributed by atoms with Gasteiger partial charge in [0.15, 0.2) is 31.1 Å². The van der Waals surface area contributed by atoms with Crippen molar-refractivity contribution >= 4 is 17.9 Å². The largest absolute Gasteiger partial charge is 0.467 e. The molecule has 23 nitrogen and oxygen atoms in total. The number of rotatable bonds is 18. The molecule has 0 bridgehead atoms. The van der Waals surface area contributed by atoms with Crippen LogP contribution in [0.3, 0.4) is 0 Å². The second-order valence-electron chi connectivity index (χ2n) is 28.4. The molecule has 4 saturated carbocycles. The molecule has 0 amide bonds. The Balaban J connectivity index is 1.12. The molecule has 27 atom stereocenters. The number of hydrogen-bond donors (Lipinski definition) is 11. The van der Waals surface area contributed by atoms with Crippen molar-refractivity contribution in [3.05, 3.63) is 34.9 Å². The van der Waals surface area contributed by atoms with Gasteiger partial charge in [0.05, 0.1) is 56.6 Å². The van der Waals surface area contributed by atoms with Crippen molar-refractivity contribution in [1.82, 2.24) is 0 Å². The minimum Gasteiger partial charge on any atom is -0.467 e. The predicted octanol–water partition coefficient (Wildman–Crippen LogP) is 2.16. The molecule has 11 N–H and O–H groups in total. The molecule has 23 heteroatoms. The van der Waals surface area contributed by atoms with Crippen LogP contribution in [-0.2, 0) is 57.0 Å². The van der Waals surface area contributed by atoms with E-state index in [9.17, 15) is 70.6 Å². The molecule has 5 aliphatic carbocycles. The minimum atomic E-state index is -1.99. The van der Waals surface area contributed by atoms with Crippen LogP contribution in [-0.4, -0.2) is 218 Å². The number of aliphatic hydroxyl groups excluding tert-OH is 11. The highest BCUT2D eigenvalue weighted by Gasteiger charge is 2.76. The van der Waals surface area contributed by atoms with E-state index < -0.39 is 199 Å². The summed E-state index contributed by atoms with van der Waals surface area (Å²) in [5.74, 6) is -3.75. The monoisotopic (exact) mass is 1220 g/mol. The summed E-state index contributed by atoms with van der Waals surface area (Å²) in [7, 11) is 1.07. The summed E-state index contributed by atoms with van der Waals surface area (Å²) < 4.78 is 54.8. The van der Waals surface area contributed by atoms with Gasteiger partial charge in [-0.15, -0.1) is 0 Å². The number of esters is 3. The van der Waals surface area contributed by atoms with Gasteiger partial charge in [0.2, 0.25) is 0 Å². The number of hydrogen-bond acceptors (Lipinski definition) is 23. The van der Waals surface area contributed by atoms with E-state index in [-0.39, 0.29) is 11.8 Å². The minimum absolute atomic E-state index is 0.122. The van der Waals surface area contributed by atoms with Gasteiger partial charge in [-0.1, -0.05) is 91.2 Å². The van der Waals surface area contributed by atoms with E-state index in [2.05, 4.69) is 39.8 Å². The number of carbonyl (C=O) groups is 3. The fourth-order valence-corrected chi connectivity index (χ4v) is 17.1. The second-order valence-corrected chi connectivity index (χ2v) is 28.4. The van der Waals surface area contributed by atoms with Crippen LogP contribution in [0.25, 0.3) is 0 Å². The molecule has 3 saturated heterocycles. The Kier molecular flexibility index (Phi) is 20.7. The fourth-order valence-electron chi connectivity index (χ4n) is 17.1. The third-order valence-electron chi connectivity index (χ3n) is 22.5. The van der Waals surface area contributed by atoms with Crippen molar-refractivity contribution in [3.8, 4) is 0 Å². The summed E-state index contributed by atoms with van der Waals surface area (Å²) in [6.07, 6.45) is -20.5. The quantitative estimate of drug-likeness (QED) is 0.0308. The fraction of sp³-hybridized carbons (Fsp3) is 0.857.